The van der Waals surface area contributed by atoms with Gasteiger partial charge in [0.25, 0.3) is 0 Å². The first-order valence-electron chi connectivity index (χ1n) is 8.02. The van der Waals surface area contributed by atoms with Gasteiger partial charge in [0, 0.05) is 16.8 Å². The fourth-order valence-electron chi connectivity index (χ4n) is 2.48. The molecule has 8 nitrogen and oxygen atoms in total. The van der Waals surface area contributed by atoms with Crippen LogP contribution in [-0.4, -0.2) is 48.5 Å². The van der Waals surface area contributed by atoms with Crippen LogP contribution < -0.4 is 23.8 Å². The second kappa shape index (κ2) is 9.03. The zero-order chi connectivity index (χ0) is 20.9. The number of ether oxygens (including phenoxy) is 3. The first kappa shape index (κ1) is 21.6. The molecule has 0 saturated heterocycles. The van der Waals surface area contributed by atoms with E-state index < -0.39 is 22.5 Å². The number of anilines is 2. The summed E-state index contributed by atoms with van der Waals surface area (Å²) < 4.78 is 41.1. The molecule has 0 saturated carbocycles. The molecule has 0 spiro atoms. The van der Waals surface area contributed by atoms with Gasteiger partial charge in [-0.25, -0.2) is 8.42 Å². The molecule has 0 fully saturated rings. The molecule has 0 aliphatic carbocycles. The predicted octanol–water partition coefficient (Wildman–Crippen LogP) is 2.77. The highest BCUT2D eigenvalue weighted by molar-refractivity contribution is 7.92. The Bertz CT molecular complexity index is 965. The van der Waals surface area contributed by atoms with Crippen LogP contribution in [0.2, 0.25) is 5.02 Å². The van der Waals surface area contributed by atoms with Crippen LogP contribution in [0.3, 0.4) is 0 Å². The van der Waals surface area contributed by atoms with E-state index >= 15 is 0 Å². The van der Waals surface area contributed by atoms with Crippen molar-refractivity contribution >= 4 is 38.9 Å². The van der Waals surface area contributed by atoms with Gasteiger partial charge < -0.3 is 19.5 Å². The lowest BCUT2D eigenvalue weighted by atomic mass is 10.2. The zero-order valence-electron chi connectivity index (χ0n) is 15.9. The summed E-state index contributed by atoms with van der Waals surface area (Å²) in [6.45, 7) is -0.468. The summed E-state index contributed by atoms with van der Waals surface area (Å²) in [7, 11) is 0.582. The summed E-state index contributed by atoms with van der Waals surface area (Å²) >= 11 is 5.99. The van der Waals surface area contributed by atoms with E-state index in [2.05, 4.69) is 5.32 Å². The third-order valence-electron chi connectivity index (χ3n) is 3.76. The van der Waals surface area contributed by atoms with E-state index in [1.165, 1.54) is 33.5 Å². The minimum absolute atomic E-state index is 0.167. The van der Waals surface area contributed by atoms with Crippen molar-refractivity contribution in [3.8, 4) is 17.2 Å². The number of hydrogen-bond acceptors (Lipinski definition) is 6. The average Bonchev–Trinajstić information content (AvgIpc) is 2.65. The number of benzene rings is 2. The molecule has 2 aromatic rings. The number of amides is 1. The molecule has 28 heavy (non-hydrogen) atoms. The average molecular weight is 429 g/mol. The SMILES string of the molecule is COc1ccc(NC(=O)CN(c2cc(Cl)ccc2OC)S(C)(=O)=O)cc1OC. The molecule has 152 valence electrons. The molecule has 0 aliphatic rings. The summed E-state index contributed by atoms with van der Waals surface area (Å²) in [4.78, 5) is 12.5. The molecule has 1 amide bonds. The van der Waals surface area contributed by atoms with Crippen LogP contribution in [0.5, 0.6) is 17.2 Å². The minimum Gasteiger partial charge on any atom is -0.495 e. The van der Waals surface area contributed by atoms with Crippen LogP contribution in [-0.2, 0) is 14.8 Å². The maximum atomic E-state index is 12.5. The molecular formula is C18H21ClN2O6S. The topological polar surface area (TPSA) is 94.2 Å². The fourth-order valence-corrected chi connectivity index (χ4v) is 3.50. The van der Waals surface area contributed by atoms with Gasteiger partial charge in [-0.05, 0) is 30.3 Å². The highest BCUT2D eigenvalue weighted by Crippen LogP contribution is 2.33. The second-order valence-electron chi connectivity index (χ2n) is 5.70. The molecule has 2 aromatic carbocycles. The Morgan fingerprint density at radius 3 is 2.18 bits per heavy atom. The van der Waals surface area contributed by atoms with Crippen LogP contribution in [0.25, 0.3) is 0 Å². The molecule has 0 heterocycles. The van der Waals surface area contributed by atoms with Crippen molar-refractivity contribution in [3.63, 3.8) is 0 Å². The van der Waals surface area contributed by atoms with Gasteiger partial charge in [0.05, 0.1) is 33.3 Å². The number of carbonyl (C=O) groups is 1. The van der Waals surface area contributed by atoms with Gasteiger partial charge in [-0.3, -0.25) is 9.10 Å². The number of hydrogen-bond donors (Lipinski definition) is 1. The molecule has 0 bridgehead atoms. The van der Waals surface area contributed by atoms with Gasteiger partial charge in [-0.1, -0.05) is 11.6 Å². The Hall–Kier alpha value is -2.65. The van der Waals surface area contributed by atoms with Gasteiger partial charge in [-0.2, -0.15) is 0 Å². The third-order valence-corrected chi connectivity index (χ3v) is 5.13. The molecule has 0 aliphatic heterocycles. The Morgan fingerprint density at radius 2 is 1.61 bits per heavy atom. The summed E-state index contributed by atoms with van der Waals surface area (Å²) in [5.41, 5.74) is 0.592. The quantitative estimate of drug-likeness (QED) is 0.694. The van der Waals surface area contributed by atoms with Crippen molar-refractivity contribution in [3.05, 3.63) is 41.4 Å². The molecule has 1 N–H and O–H groups in total. The zero-order valence-corrected chi connectivity index (χ0v) is 17.4. The largest absolute Gasteiger partial charge is 0.495 e. The van der Waals surface area contributed by atoms with Crippen LogP contribution >= 0.6 is 11.6 Å². The number of nitrogens with zero attached hydrogens (tertiary/aromatic N) is 1. The highest BCUT2D eigenvalue weighted by atomic mass is 35.5. The number of carbonyl (C=O) groups excluding carboxylic acids is 1. The molecule has 0 aromatic heterocycles. The summed E-state index contributed by atoms with van der Waals surface area (Å²) in [5, 5.41) is 2.95. The summed E-state index contributed by atoms with van der Waals surface area (Å²) in [6, 6.07) is 9.33. The Labute approximate surface area is 169 Å². The number of sulfonamides is 1. The third kappa shape index (κ3) is 5.20. The van der Waals surface area contributed by atoms with Crippen molar-refractivity contribution in [2.45, 2.75) is 0 Å². The molecule has 2 rings (SSSR count). The van der Waals surface area contributed by atoms with Crippen LogP contribution in [0.4, 0.5) is 11.4 Å². The number of nitrogens with one attached hydrogen (secondary N) is 1. The number of methoxy groups -OCH3 is 3. The van der Waals surface area contributed by atoms with Crippen molar-refractivity contribution in [1.29, 1.82) is 0 Å². The molecule has 0 atom stereocenters. The first-order chi connectivity index (χ1) is 13.2. The Balaban J connectivity index is 2.29. The van der Waals surface area contributed by atoms with E-state index in [1.807, 2.05) is 0 Å². The van der Waals surface area contributed by atoms with Gasteiger partial charge >= 0.3 is 0 Å². The van der Waals surface area contributed by atoms with Crippen LogP contribution in [0.1, 0.15) is 0 Å². The normalized spacial score (nSPS) is 10.9. The van der Waals surface area contributed by atoms with E-state index in [-0.39, 0.29) is 11.4 Å². The maximum Gasteiger partial charge on any atom is 0.245 e. The van der Waals surface area contributed by atoms with Crippen molar-refractivity contribution in [1.82, 2.24) is 0 Å². The second-order valence-corrected chi connectivity index (χ2v) is 8.05. The molecule has 0 radical (unpaired) electrons. The minimum atomic E-state index is -3.79. The first-order valence-corrected chi connectivity index (χ1v) is 10.3. The summed E-state index contributed by atoms with van der Waals surface area (Å²) in [5.74, 6) is 0.645. The van der Waals surface area contributed by atoms with E-state index in [9.17, 15) is 13.2 Å². The van der Waals surface area contributed by atoms with Gasteiger partial charge in [0.2, 0.25) is 15.9 Å². The molecule has 10 heteroatoms. The summed E-state index contributed by atoms with van der Waals surface area (Å²) in [6.07, 6.45) is 0.997. The Morgan fingerprint density at radius 1 is 1.00 bits per heavy atom. The lowest BCUT2D eigenvalue weighted by Crippen LogP contribution is -2.37. The van der Waals surface area contributed by atoms with Crippen LogP contribution in [0.15, 0.2) is 36.4 Å². The predicted molar refractivity (Wildman–Crippen MR) is 108 cm³/mol. The van der Waals surface area contributed by atoms with E-state index in [4.69, 9.17) is 25.8 Å². The number of halogens is 1. The maximum absolute atomic E-state index is 12.5. The Kier molecular flexibility index (Phi) is 6.98. The van der Waals surface area contributed by atoms with Gasteiger partial charge in [0.1, 0.15) is 12.3 Å². The van der Waals surface area contributed by atoms with Crippen molar-refractivity contribution in [2.75, 3.05) is 43.8 Å². The molecule has 0 unspecified atom stereocenters. The van der Waals surface area contributed by atoms with Gasteiger partial charge in [0.15, 0.2) is 11.5 Å². The van der Waals surface area contributed by atoms with Crippen LogP contribution in [0, 0.1) is 0 Å². The van der Waals surface area contributed by atoms with Crippen molar-refractivity contribution < 1.29 is 27.4 Å². The van der Waals surface area contributed by atoms with E-state index in [0.29, 0.717) is 22.2 Å². The van der Waals surface area contributed by atoms with E-state index in [0.717, 1.165) is 10.6 Å². The lowest BCUT2D eigenvalue weighted by Gasteiger charge is -2.24. The van der Waals surface area contributed by atoms with E-state index in [1.54, 1.807) is 24.3 Å². The lowest BCUT2D eigenvalue weighted by molar-refractivity contribution is -0.114. The van der Waals surface area contributed by atoms with Crippen molar-refractivity contribution in [2.24, 2.45) is 0 Å². The number of rotatable bonds is 8. The molecular weight excluding hydrogens is 408 g/mol. The monoisotopic (exact) mass is 428 g/mol. The highest BCUT2D eigenvalue weighted by Gasteiger charge is 2.24. The smallest absolute Gasteiger partial charge is 0.245 e. The van der Waals surface area contributed by atoms with Gasteiger partial charge in [-0.15, -0.1) is 0 Å². The standard InChI is InChI=1S/C18H21ClN2O6S/c1-25-15-7-5-12(19)9-14(15)21(28(4,23)24)11-18(22)20-13-6-8-16(26-2)17(10-13)27-3/h5-10H,11H2,1-4H3,(H,20,22). The fraction of sp³-hybridized carbons (Fsp3) is 0.278.